The van der Waals surface area contributed by atoms with Crippen LogP contribution in [0.4, 0.5) is 0 Å². The van der Waals surface area contributed by atoms with Crippen LogP contribution >= 0.6 is 0 Å². The van der Waals surface area contributed by atoms with Gasteiger partial charge in [-0.15, -0.1) is 0 Å². The topological polar surface area (TPSA) is 86.2 Å². The number of hydrogen-bond acceptors (Lipinski definition) is 3. The molecule has 102 valence electrons. The molecule has 0 saturated carbocycles. The maximum Gasteiger partial charge on any atom is 0.152 e. The summed E-state index contributed by atoms with van der Waals surface area (Å²) in [5.74, 6) is 0. The van der Waals surface area contributed by atoms with Gasteiger partial charge in [-0.25, -0.2) is 0 Å². The predicted molar refractivity (Wildman–Crippen MR) is 62.8 cm³/mol. The molecule has 3 atom stereocenters. The number of quaternary nitrogens is 3. The molecule has 1 rings (SSSR count). The van der Waals surface area contributed by atoms with E-state index in [0.29, 0.717) is 19.6 Å². The first-order valence-corrected chi connectivity index (χ1v) is 6.49. The molecule has 0 radical (unpaired) electrons. The summed E-state index contributed by atoms with van der Waals surface area (Å²) in [7, 11) is 2.00. The predicted octanol–water partition coefficient (Wildman–Crippen LogP) is -5.62. The van der Waals surface area contributed by atoms with Crippen LogP contribution in [0.3, 0.4) is 0 Å². The van der Waals surface area contributed by atoms with E-state index in [1.165, 1.54) is 4.90 Å². The summed E-state index contributed by atoms with van der Waals surface area (Å²) in [5, 5.41) is 19.5. The SMILES string of the molecule is C[NH+](C[C@H](O)C[NH3+])C[C@H](O)C[NH+]1CCOCC1. The molecule has 1 saturated heterocycles. The van der Waals surface area contributed by atoms with Crippen LogP contribution in [0.25, 0.3) is 0 Å². The normalized spacial score (nSPS) is 23.3. The van der Waals surface area contributed by atoms with E-state index in [9.17, 15) is 10.2 Å². The van der Waals surface area contributed by atoms with Crippen molar-refractivity contribution in [3.63, 3.8) is 0 Å². The maximum atomic E-state index is 9.98. The first-order valence-electron chi connectivity index (χ1n) is 6.49. The van der Waals surface area contributed by atoms with Gasteiger partial charge in [0.05, 0.1) is 20.3 Å². The lowest BCUT2D eigenvalue weighted by atomic mass is 10.2. The highest BCUT2D eigenvalue weighted by molar-refractivity contribution is 4.52. The number of morpholine rings is 1. The Hall–Kier alpha value is -0.240. The number of aliphatic hydroxyl groups is 2. The summed E-state index contributed by atoms with van der Waals surface area (Å²) in [6, 6.07) is 0. The van der Waals surface area contributed by atoms with E-state index in [1.54, 1.807) is 0 Å². The Balaban J connectivity index is 2.16. The first-order chi connectivity index (χ1) is 8.11. The van der Waals surface area contributed by atoms with Crippen molar-refractivity contribution in [1.29, 1.82) is 0 Å². The van der Waals surface area contributed by atoms with E-state index in [4.69, 9.17) is 4.74 Å². The molecule has 0 bridgehead atoms. The lowest BCUT2D eigenvalue weighted by Gasteiger charge is -2.26. The Labute approximate surface area is 103 Å². The minimum atomic E-state index is -0.363. The average molecular weight is 250 g/mol. The summed E-state index contributed by atoms with van der Waals surface area (Å²) in [5.41, 5.74) is 3.67. The Morgan fingerprint density at radius 2 is 1.82 bits per heavy atom. The molecule has 1 unspecified atom stereocenters. The van der Waals surface area contributed by atoms with Crippen molar-refractivity contribution in [2.75, 3.05) is 59.5 Å². The zero-order chi connectivity index (χ0) is 12.7. The number of rotatable bonds is 7. The summed E-state index contributed by atoms with van der Waals surface area (Å²) in [6.45, 7) is 6.20. The molecule has 6 heteroatoms. The first kappa shape index (κ1) is 14.8. The van der Waals surface area contributed by atoms with Crippen molar-refractivity contribution in [3.8, 4) is 0 Å². The van der Waals surface area contributed by atoms with Gasteiger partial charge in [0.2, 0.25) is 0 Å². The van der Waals surface area contributed by atoms with Gasteiger partial charge in [0.1, 0.15) is 39.3 Å². The van der Waals surface area contributed by atoms with Crippen molar-refractivity contribution in [2.45, 2.75) is 12.2 Å². The van der Waals surface area contributed by atoms with Gasteiger partial charge >= 0.3 is 0 Å². The number of aliphatic hydroxyl groups excluding tert-OH is 2. The molecular weight excluding hydrogens is 222 g/mol. The monoisotopic (exact) mass is 250 g/mol. The van der Waals surface area contributed by atoms with Gasteiger partial charge in [0, 0.05) is 0 Å². The molecule has 0 spiro atoms. The van der Waals surface area contributed by atoms with Gasteiger partial charge < -0.3 is 30.5 Å². The molecule has 7 N–H and O–H groups in total. The van der Waals surface area contributed by atoms with Gasteiger partial charge in [-0.05, 0) is 0 Å². The highest BCUT2D eigenvalue weighted by Gasteiger charge is 2.21. The highest BCUT2D eigenvalue weighted by atomic mass is 16.5. The fraction of sp³-hybridized carbons (Fsp3) is 1.00. The largest absolute Gasteiger partial charge is 0.382 e. The van der Waals surface area contributed by atoms with E-state index in [0.717, 1.165) is 37.7 Å². The molecular formula is C11H28N3O3+3. The van der Waals surface area contributed by atoms with Crippen LogP contribution in [0.1, 0.15) is 0 Å². The number of ether oxygens (including phenoxy) is 1. The van der Waals surface area contributed by atoms with Gasteiger partial charge in [0.15, 0.2) is 12.2 Å². The fourth-order valence-corrected chi connectivity index (χ4v) is 2.26. The second-order valence-electron chi connectivity index (χ2n) is 5.03. The number of hydrogen-bond donors (Lipinski definition) is 5. The van der Waals surface area contributed by atoms with E-state index in [-0.39, 0.29) is 12.2 Å². The third-order valence-electron chi connectivity index (χ3n) is 3.23. The molecule has 6 nitrogen and oxygen atoms in total. The highest BCUT2D eigenvalue weighted by Crippen LogP contribution is 1.78. The average Bonchev–Trinajstić information content (AvgIpc) is 2.29. The van der Waals surface area contributed by atoms with Crippen LogP contribution in [0, 0.1) is 0 Å². The third-order valence-corrected chi connectivity index (χ3v) is 3.23. The van der Waals surface area contributed by atoms with Crippen molar-refractivity contribution < 1.29 is 30.5 Å². The van der Waals surface area contributed by atoms with Gasteiger partial charge in [0.25, 0.3) is 0 Å². The Kier molecular flexibility index (Phi) is 6.94. The molecule has 1 fully saturated rings. The molecule has 1 heterocycles. The second kappa shape index (κ2) is 7.97. The van der Waals surface area contributed by atoms with Crippen LogP contribution in [0.2, 0.25) is 0 Å². The Morgan fingerprint density at radius 1 is 1.24 bits per heavy atom. The van der Waals surface area contributed by atoms with Crippen LogP contribution in [-0.2, 0) is 4.74 Å². The zero-order valence-electron chi connectivity index (χ0n) is 10.8. The molecule has 0 amide bonds. The smallest absolute Gasteiger partial charge is 0.152 e. The lowest BCUT2D eigenvalue weighted by molar-refractivity contribution is -0.923. The molecule has 0 aromatic rings. The lowest BCUT2D eigenvalue weighted by Crippen LogP contribution is -3.17. The van der Waals surface area contributed by atoms with Crippen LogP contribution in [-0.4, -0.2) is 82.0 Å². The fourth-order valence-electron chi connectivity index (χ4n) is 2.26. The quantitative estimate of drug-likeness (QED) is 0.312. The molecule has 1 aliphatic heterocycles. The number of likely N-dealkylation sites (N-methyl/N-ethyl adjacent to an activating group) is 1. The second-order valence-corrected chi connectivity index (χ2v) is 5.03. The van der Waals surface area contributed by atoms with Gasteiger partial charge in [-0.2, -0.15) is 0 Å². The summed E-state index contributed by atoms with van der Waals surface area (Å²) in [4.78, 5) is 2.57. The summed E-state index contributed by atoms with van der Waals surface area (Å²) in [6.07, 6.45) is -0.668. The Morgan fingerprint density at radius 3 is 2.41 bits per heavy atom. The minimum absolute atomic E-state index is 0.305. The molecule has 1 aliphatic rings. The third kappa shape index (κ3) is 6.30. The maximum absolute atomic E-state index is 9.98. The van der Waals surface area contributed by atoms with Gasteiger partial charge in [-0.1, -0.05) is 0 Å². The van der Waals surface area contributed by atoms with Crippen molar-refractivity contribution >= 4 is 0 Å². The van der Waals surface area contributed by atoms with E-state index >= 15 is 0 Å². The zero-order valence-corrected chi connectivity index (χ0v) is 10.8. The molecule has 0 aromatic heterocycles. The van der Waals surface area contributed by atoms with Gasteiger partial charge in [-0.3, -0.25) is 0 Å². The summed E-state index contributed by atoms with van der Waals surface area (Å²) >= 11 is 0. The Bertz CT molecular complexity index is 200. The van der Waals surface area contributed by atoms with E-state index in [2.05, 4.69) is 5.73 Å². The molecule has 0 aromatic carbocycles. The standard InChI is InChI=1S/C11H25N3O3/c1-13(7-10(15)6-12)8-11(16)9-14-2-4-17-5-3-14/h10-11,15-16H,2-9,12H2,1H3/p+3/t10-,11+/m1/s1. The summed E-state index contributed by atoms with van der Waals surface area (Å²) < 4.78 is 5.28. The van der Waals surface area contributed by atoms with E-state index < -0.39 is 0 Å². The van der Waals surface area contributed by atoms with Crippen LogP contribution in [0.5, 0.6) is 0 Å². The van der Waals surface area contributed by atoms with Crippen molar-refractivity contribution in [1.82, 2.24) is 0 Å². The number of nitrogens with one attached hydrogen (secondary N) is 2. The van der Waals surface area contributed by atoms with Crippen molar-refractivity contribution in [3.05, 3.63) is 0 Å². The van der Waals surface area contributed by atoms with Crippen LogP contribution in [0.15, 0.2) is 0 Å². The molecule has 17 heavy (non-hydrogen) atoms. The van der Waals surface area contributed by atoms with Crippen LogP contribution < -0.4 is 15.5 Å². The minimum Gasteiger partial charge on any atom is -0.382 e. The molecule has 0 aliphatic carbocycles. The van der Waals surface area contributed by atoms with E-state index in [1.807, 2.05) is 7.05 Å². The van der Waals surface area contributed by atoms with Crippen molar-refractivity contribution in [2.24, 2.45) is 0 Å².